The van der Waals surface area contributed by atoms with Crippen molar-refractivity contribution in [3.8, 4) is 0 Å². The Morgan fingerprint density at radius 3 is 1.88 bits per heavy atom. The molecule has 0 N–H and O–H groups in total. The van der Waals surface area contributed by atoms with E-state index in [0.717, 1.165) is 0 Å². The zero-order valence-corrected chi connectivity index (χ0v) is 3.44. The number of carbonyl (C=O) groups is 1. The highest BCUT2D eigenvalue weighted by molar-refractivity contribution is 5.89. The van der Waals surface area contributed by atoms with E-state index in [2.05, 4.69) is 0 Å². The lowest BCUT2D eigenvalue weighted by molar-refractivity contribution is -0.165. The van der Waals surface area contributed by atoms with Crippen LogP contribution in [0.5, 0.6) is 0 Å². The number of rotatable bonds is 0. The number of amides is 1. The van der Waals surface area contributed by atoms with E-state index < -0.39 is 12.1 Å². The van der Waals surface area contributed by atoms with Gasteiger partial charge in [0.1, 0.15) is 0 Å². The molecule has 0 atom stereocenters. The Labute approximate surface area is 41.7 Å². The lowest BCUT2D eigenvalue weighted by atomic mass is 10.6. The number of carbonyl (C=O) groups excluding carboxylic acids is 1. The summed E-state index contributed by atoms with van der Waals surface area (Å²) in [6.45, 7) is 0. The van der Waals surface area contributed by atoms with Crippen LogP contribution in [0.3, 0.4) is 0 Å². The number of halogens is 3. The number of diazo groups is 1. The van der Waals surface area contributed by atoms with Gasteiger partial charge in [0.25, 0.3) is 0 Å². The van der Waals surface area contributed by atoms with Crippen LogP contribution in [0.15, 0.2) is 0 Å². The van der Waals surface area contributed by atoms with Crippen molar-refractivity contribution in [3.05, 3.63) is 4.98 Å². The first-order valence-electron chi connectivity index (χ1n) is 1.44. The zero-order chi connectivity index (χ0) is 6.78. The third-order valence-electron chi connectivity index (χ3n) is 0.333. The van der Waals surface area contributed by atoms with Gasteiger partial charge in [0.2, 0.25) is 10.4 Å². The van der Waals surface area contributed by atoms with E-state index in [1.807, 2.05) is 0 Å². The van der Waals surface area contributed by atoms with Gasteiger partial charge in [-0.15, -0.1) is 0 Å². The fourth-order valence-electron chi connectivity index (χ4n) is 0.0567. The summed E-state index contributed by atoms with van der Waals surface area (Å²) >= 11 is 0. The second-order valence-electron chi connectivity index (χ2n) is 0.903. The highest BCUT2D eigenvalue weighted by Gasteiger charge is 2.51. The van der Waals surface area contributed by atoms with E-state index in [4.69, 9.17) is 5.39 Å². The number of alkyl halides is 3. The van der Waals surface area contributed by atoms with Crippen molar-refractivity contribution in [2.45, 2.75) is 6.18 Å². The van der Waals surface area contributed by atoms with Gasteiger partial charge in [-0.3, -0.25) is 0 Å². The number of hydrogen-bond donors (Lipinski definition) is 0. The Balaban J connectivity index is 4.09. The lowest BCUT2D eigenvalue weighted by Gasteiger charge is -1.84. The van der Waals surface area contributed by atoms with Crippen molar-refractivity contribution in [3.63, 3.8) is 0 Å². The van der Waals surface area contributed by atoms with Crippen LogP contribution < -0.4 is 0 Å². The Bertz CT molecular complexity index is 142. The molecule has 0 saturated heterocycles. The normalized spacial score (nSPS) is 10.2. The quantitative estimate of drug-likeness (QED) is 0.452. The van der Waals surface area contributed by atoms with E-state index in [-0.39, 0.29) is 0 Å². The minimum atomic E-state index is -5.05. The molecule has 0 rings (SSSR count). The summed E-state index contributed by atoms with van der Waals surface area (Å²) in [5.41, 5.74) is 0. The second kappa shape index (κ2) is 1.78. The summed E-state index contributed by atoms with van der Waals surface area (Å²) in [5, 5.41) is 7.23. The minimum Gasteiger partial charge on any atom is -0.190 e. The van der Waals surface area contributed by atoms with E-state index in [9.17, 15) is 18.0 Å². The maximum atomic E-state index is 10.8. The average molecular weight is 125 g/mol. The van der Waals surface area contributed by atoms with Gasteiger partial charge in [0.15, 0.2) is 0 Å². The topological polar surface area (TPSA) is 45.2 Å². The van der Waals surface area contributed by atoms with Gasteiger partial charge in [-0.2, -0.15) is 18.0 Å². The van der Waals surface area contributed by atoms with Crippen LogP contribution in [0.4, 0.5) is 13.2 Å². The Kier molecular flexibility index (Phi) is 1.53. The van der Waals surface area contributed by atoms with Crippen LogP contribution >= 0.6 is 0 Å². The van der Waals surface area contributed by atoms with Crippen molar-refractivity contribution in [2.75, 3.05) is 0 Å². The van der Waals surface area contributed by atoms with E-state index in [1.54, 1.807) is 0 Å². The number of nitrogens with zero attached hydrogens (tertiary/aromatic N) is 2. The van der Waals surface area contributed by atoms with Crippen LogP contribution in [-0.4, -0.2) is 12.1 Å². The van der Waals surface area contributed by atoms with Gasteiger partial charge in [0.05, 0.1) is 0 Å². The van der Waals surface area contributed by atoms with Gasteiger partial charge in [-0.25, -0.2) is 0 Å². The average Bonchev–Trinajstić information content (AvgIpc) is 1.62. The van der Waals surface area contributed by atoms with Crippen molar-refractivity contribution in [1.29, 1.82) is 5.39 Å². The molecule has 0 spiro atoms. The van der Waals surface area contributed by atoms with Gasteiger partial charge >= 0.3 is 12.1 Å². The van der Waals surface area contributed by atoms with Gasteiger partial charge < -0.3 is 0 Å². The summed E-state index contributed by atoms with van der Waals surface area (Å²) in [6, 6.07) is 0. The maximum Gasteiger partial charge on any atom is 0.666 e. The van der Waals surface area contributed by atoms with E-state index in [1.165, 1.54) is 4.98 Å². The smallest absolute Gasteiger partial charge is 0.190 e. The Morgan fingerprint density at radius 2 is 1.88 bits per heavy atom. The van der Waals surface area contributed by atoms with Crippen molar-refractivity contribution in [1.82, 2.24) is 0 Å². The summed E-state index contributed by atoms with van der Waals surface area (Å²) in [6.07, 6.45) is -5.05. The Morgan fingerprint density at radius 1 is 1.50 bits per heavy atom. The van der Waals surface area contributed by atoms with E-state index in [0.29, 0.717) is 0 Å². The highest BCUT2D eigenvalue weighted by atomic mass is 19.4. The molecule has 0 aliphatic rings. The third-order valence-corrected chi connectivity index (χ3v) is 0.333. The van der Waals surface area contributed by atoms with Gasteiger partial charge in [0, 0.05) is 0 Å². The van der Waals surface area contributed by atoms with Crippen LogP contribution in [0.1, 0.15) is 0 Å². The monoisotopic (exact) mass is 125 g/mol. The van der Waals surface area contributed by atoms with Crippen LogP contribution in [0.2, 0.25) is 0 Å². The molecule has 8 heavy (non-hydrogen) atoms. The van der Waals surface area contributed by atoms with Crippen LogP contribution in [0.25, 0.3) is 4.98 Å². The summed E-state index contributed by atoms with van der Waals surface area (Å²) < 4.78 is 32.5. The molecule has 0 bridgehead atoms. The van der Waals surface area contributed by atoms with Gasteiger partial charge in [-0.1, -0.05) is 0 Å². The largest absolute Gasteiger partial charge is 0.666 e. The molecule has 3 nitrogen and oxygen atoms in total. The van der Waals surface area contributed by atoms with Crippen molar-refractivity contribution >= 4 is 5.91 Å². The molecule has 0 aromatic heterocycles. The predicted octanol–water partition coefficient (Wildman–Crippen LogP) is 0.928. The molecular weight excluding hydrogens is 125 g/mol. The molecule has 0 fully saturated rings. The van der Waals surface area contributed by atoms with E-state index >= 15 is 0 Å². The van der Waals surface area contributed by atoms with Crippen LogP contribution in [0, 0.1) is 5.39 Å². The molecular formula is C2F3N2O+. The molecule has 0 aliphatic heterocycles. The molecule has 0 heterocycles. The maximum absolute atomic E-state index is 10.8. The molecule has 0 unspecified atom stereocenters. The lowest BCUT2D eigenvalue weighted by Crippen LogP contribution is -2.18. The molecule has 1 amide bonds. The van der Waals surface area contributed by atoms with Gasteiger partial charge in [-0.05, 0) is 0 Å². The highest BCUT2D eigenvalue weighted by Crippen LogP contribution is 2.15. The predicted molar refractivity (Wildman–Crippen MR) is 16.1 cm³/mol. The fraction of sp³-hybridized carbons (Fsp3) is 0.500. The Hall–Kier alpha value is -1.12. The molecule has 0 radical (unpaired) electrons. The first-order chi connectivity index (χ1) is 3.48. The summed E-state index contributed by atoms with van der Waals surface area (Å²) in [7, 11) is 0. The molecule has 0 saturated carbocycles. The second-order valence-corrected chi connectivity index (χ2v) is 0.903. The minimum absolute atomic E-state index is 1.40. The third kappa shape index (κ3) is 1.55. The first-order valence-corrected chi connectivity index (χ1v) is 1.44. The standard InChI is InChI=1S/C2F3N2O/c3-2(4,5)1(8)7-6/q+1. The van der Waals surface area contributed by atoms with Crippen molar-refractivity contribution in [2.24, 2.45) is 0 Å². The summed E-state index contributed by atoms with van der Waals surface area (Å²) in [5.74, 6) is -2.49. The molecule has 0 aliphatic carbocycles. The SMILES string of the molecule is N#[N+]C(=O)C(F)(F)F. The molecule has 6 heteroatoms. The molecule has 0 aromatic carbocycles. The number of hydrogen-bond acceptors (Lipinski definition) is 2. The first kappa shape index (κ1) is 6.88. The van der Waals surface area contributed by atoms with Crippen LogP contribution in [-0.2, 0) is 4.79 Å². The summed E-state index contributed by atoms with van der Waals surface area (Å²) in [4.78, 5) is 10.7. The fourth-order valence-corrected chi connectivity index (χ4v) is 0.0567. The zero-order valence-electron chi connectivity index (χ0n) is 3.44. The van der Waals surface area contributed by atoms with Crippen molar-refractivity contribution < 1.29 is 18.0 Å². The molecule has 0 aromatic rings. The molecule has 44 valence electrons.